The summed E-state index contributed by atoms with van der Waals surface area (Å²) in [6, 6.07) is 9.59. The van der Waals surface area contributed by atoms with Crippen molar-refractivity contribution in [1.29, 1.82) is 5.26 Å². The molecule has 28 heavy (non-hydrogen) atoms. The molecule has 1 atom stereocenters. The van der Waals surface area contributed by atoms with Gasteiger partial charge in [-0.15, -0.1) is 0 Å². The Balaban J connectivity index is 2.19. The lowest BCUT2D eigenvalue weighted by Gasteiger charge is -2.29. The maximum Gasteiger partial charge on any atom is 0.266 e. The molecule has 0 bridgehead atoms. The molecule has 0 aliphatic heterocycles. The average Bonchev–Trinajstić information content (AvgIpc) is 2.68. The molecule has 1 aromatic heterocycles. The second kappa shape index (κ2) is 9.23. The fraction of sp³-hybridized carbons (Fsp3) is 0.409. The molecule has 0 aliphatic carbocycles. The number of hydrogen-bond acceptors (Lipinski definition) is 4. The average molecular weight is 381 g/mol. The van der Waals surface area contributed by atoms with E-state index < -0.39 is 0 Å². The van der Waals surface area contributed by atoms with Crippen molar-refractivity contribution in [2.45, 2.75) is 46.6 Å². The minimum atomic E-state index is -0.380. The van der Waals surface area contributed by atoms with Gasteiger partial charge >= 0.3 is 0 Å². The number of benzene rings is 1. The number of amides is 1. The number of H-pyrrole nitrogens is 1. The zero-order valence-electron chi connectivity index (χ0n) is 17.1. The van der Waals surface area contributed by atoms with Crippen LogP contribution in [0.3, 0.4) is 0 Å². The molecule has 0 saturated carbocycles. The van der Waals surface area contributed by atoms with Crippen molar-refractivity contribution in [3.63, 3.8) is 0 Å². The smallest absolute Gasteiger partial charge is 0.266 e. The van der Waals surface area contributed by atoms with Gasteiger partial charge in [-0.1, -0.05) is 12.1 Å². The Labute approximate surface area is 165 Å². The van der Waals surface area contributed by atoms with Crippen molar-refractivity contribution in [3.05, 3.63) is 62.6 Å². The Morgan fingerprint density at radius 3 is 2.68 bits per heavy atom. The highest BCUT2D eigenvalue weighted by molar-refractivity contribution is 5.77. The predicted octanol–water partition coefficient (Wildman–Crippen LogP) is 3.41. The first-order chi connectivity index (χ1) is 13.3. The lowest BCUT2D eigenvalue weighted by atomic mass is 9.98. The summed E-state index contributed by atoms with van der Waals surface area (Å²) in [5.74, 6) is 0.790. The largest absolute Gasteiger partial charge is 0.497 e. The van der Waals surface area contributed by atoms with Crippen LogP contribution in [-0.4, -0.2) is 29.4 Å². The first-order valence-corrected chi connectivity index (χ1v) is 9.39. The van der Waals surface area contributed by atoms with Gasteiger partial charge in [0.25, 0.3) is 5.56 Å². The van der Waals surface area contributed by atoms with E-state index in [4.69, 9.17) is 4.74 Å². The van der Waals surface area contributed by atoms with E-state index in [1.165, 1.54) is 0 Å². The highest BCUT2D eigenvalue weighted by atomic mass is 16.5. The van der Waals surface area contributed by atoms with Crippen LogP contribution in [0.1, 0.15) is 54.3 Å². The number of ether oxygens (including phenoxy) is 1. The number of aryl methyl sites for hydroxylation is 1. The molecular formula is C22H27N3O3. The third-order valence-electron chi connectivity index (χ3n) is 5.21. The van der Waals surface area contributed by atoms with Gasteiger partial charge < -0.3 is 14.6 Å². The molecule has 1 heterocycles. The summed E-state index contributed by atoms with van der Waals surface area (Å²) in [5, 5.41) is 9.20. The molecule has 1 unspecified atom stereocenters. The van der Waals surface area contributed by atoms with Gasteiger partial charge in [0.1, 0.15) is 17.4 Å². The SMILES string of the molecule is CCN(C(=O)CCc1c(C)[nH]c(=O)c(C#N)c1C)C(C)c1cccc(OC)c1. The maximum atomic E-state index is 12.9. The molecule has 6 nitrogen and oxygen atoms in total. The van der Waals surface area contributed by atoms with Gasteiger partial charge in [-0.25, -0.2) is 0 Å². The fourth-order valence-corrected chi connectivity index (χ4v) is 3.54. The number of methoxy groups -OCH3 is 1. The van der Waals surface area contributed by atoms with Gasteiger partial charge in [-0.2, -0.15) is 5.26 Å². The van der Waals surface area contributed by atoms with Crippen molar-refractivity contribution in [1.82, 2.24) is 9.88 Å². The van der Waals surface area contributed by atoms with Gasteiger partial charge in [-0.3, -0.25) is 9.59 Å². The van der Waals surface area contributed by atoms with E-state index in [0.717, 1.165) is 16.9 Å². The van der Waals surface area contributed by atoms with E-state index in [-0.39, 0.29) is 23.1 Å². The van der Waals surface area contributed by atoms with Crippen LogP contribution in [0.2, 0.25) is 0 Å². The van der Waals surface area contributed by atoms with Crippen LogP contribution in [0.25, 0.3) is 0 Å². The van der Waals surface area contributed by atoms with Crippen molar-refractivity contribution < 1.29 is 9.53 Å². The van der Waals surface area contributed by atoms with Crippen LogP contribution in [0.15, 0.2) is 29.1 Å². The molecule has 6 heteroatoms. The summed E-state index contributed by atoms with van der Waals surface area (Å²) in [4.78, 5) is 29.3. The summed E-state index contributed by atoms with van der Waals surface area (Å²) in [5.41, 5.74) is 2.96. The first kappa shape index (κ1) is 21.2. The van der Waals surface area contributed by atoms with Gasteiger partial charge in [-0.05, 0) is 62.9 Å². The van der Waals surface area contributed by atoms with E-state index in [1.807, 2.05) is 49.1 Å². The summed E-state index contributed by atoms with van der Waals surface area (Å²) < 4.78 is 5.28. The number of rotatable bonds is 7. The van der Waals surface area contributed by atoms with Gasteiger partial charge in [0, 0.05) is 18.7 Å². The molecule has 2 rings (SSSR count). The number of aromatic amines is 1. The summed E-state index contributed by atoms with van der Waals surface area (Å²) in [6.45, 7) is 8.10. The normalized spacial score (nSPS) is 11.6. The summed E-state index contributed by atoms with van der Waals surface area (Å²) in [7, 11) is 1.62. The monoisotopic (exact) mass is 381 g/mol. The molecule has 2 aromatic rings. The fourth-order valence-electron chi connectivity index (χ4n) is 3.54. The minimum Gasteiger partial charge on any atom is -0.497 e. The Morgan fingerprint density at radius 2 is 2.07 bits per heavy atom. The van der Waals surface area contributed by atoms with Gasteiger partial charge in [0.2, 0.25) is 5.91 Å². The van der Waals surface area contributed by atoms with E-state index in [1.54, 1.807) is 21.0 Å². The van der Waals surface area contributed by atoms with Crippen LogP contribution in [0.4, 0.5) is 0 Å². The Bertz CT molecular complexity index is 956. The van der Waals surface area contributed by atoms with Crippen LogP contribution >= 0.6 is 0 Å². The van der Waals surface area contributed by atoms with Crippen LogP contribution in [0, 0.1) is 25.2 Å². The maximum absolute atomic E-state index is 12.9. The zero-order valence-corrected chi connectivity index (χ0v) is 17.1. The molecule has 1 amide bonds. The minimum absolute atomic E-state index is 0.0290. The van der Waals surface area contributed by atoms with Crippen LogP contribution in [-0.2, 0) is 11.2 Å². The van der Waals surface area contributed by atoms with Crippen LogP contribution < -0.4 is 10.3 Å². The Hall–Kier alpha value is -3.07. The highest BCUT2D eigenvalue weighted by Crippen LogP contribution is 2.25. The standard InChI is InChI=1S/C22H27N3O3/c1-6-25(16(4)17-8-7-9-18(12-17)28-5)21(26)11-10-19-14(2)20(13-23)22(27)24-15(19)3/h7-9,12,16H,6,10-11H2,1-5H3,(H,24,27). The lowest BCUT2D eigenvalue weighted by molar-refractivity contribution is -0.133. The van der Waals surface area contributed by atoms with Gasteiger partial charge in [0.15, 0.2) is 0 Å². The molecule has 148 valence electrons. The van der Waals surface area contributed by atoms with Crippen molar-refractivity contribution in [3.8, 4) is 11.8 Å². The third kappa shape index (κ3) is 4.42. The number of carbonyl (C=O) groups is 1. The molecule has 1 N–H and O–H groups in total. The molecule has 0 fully saturated rings. The van der Waals surface area contributed by atoms with E-state index in [2.05, 4.69) is 4.98 Å². The van der Waals surface area contributed by atoms with Crippen molar-refractivity contribution in [2.24, 2.45) is 0 Å². The van der Waals surface area contributed by atoms with E-state index in [9.17, 15) is 14.9 Å². The molecule has 0 saturated heterocycles. The number of pyridine rings is 1. The lowest BCUT2D eigenvalue weighted by Crippen LogP contribution is -2.33. The number of hydrogen-bond donors (Lipinski definition) is 1. The quantitative estimate of drug-likeness (QED) is 0.796. The van der Waals surface area contributed by atoms with Gasteiger partial charge in [0.05, 0.1) is 13.2 Å². The number of nitriles is 1. The Morgan fingerprint density at radius 1 is 1.36 bits per heavy atom. The van der Waals surface area contributed by atoms with E-state index in [0.29, 0.717) is 30.6 Å². The second-order valence-electron chi connectivity index (χ2n) is 6.80. The molecule has 0 radical (unpaired) electrons. The third-order valence-corrected chi connectivity index (χ3v) is 5.21. The predicted molar refractivity (Wildman–Crippen MR) is 108 cm³/mol. The number of carbonyl (C=O) groups excluding carboxylic acids is 1. The first-order valence-electron chi connectivity index (χ1n) is 9.39. The molecular weight excluding hydrogens is 354 g/mol. The molecule has 0 spiro atoms. The number of nitrogens with one attached hydrogen (secondary N) is 1. The van der Waals surface area contributed by atoms with Crippen LogP contribution in [0.5, 0.6) is 5.75 Å². The Kier molecular flexibility index (Phi) is 7.00. The van der Waals surface area contributed by atoms with E-state index >= 15 is 0 Å². The molecule has 1 aromatic carbocycles. The number of aromatic nitrogens is 1. The zero-order chi connectivity index (χ0) is 20.8. The van der Waals surface area contributed by atoms with Crippen molar-refractivity contribution in [2.75, 3.05) is 13.7 Å². The second-order valence-corrected chi connectivity index (χ2v) is 6.80. The number of nitrogens with zero attached hydrogens (tertiary/aromatic N) is 2. The molecule has 0 aliphatic rings. The topological polar surface area (TPSA) is 86.2 Å². The summed E-state index contributed by atoms with van der Waals surface area (Å²) in [6.07, 6.45) is 0.782. The summed E-state index contributed by atoms with van der Waals surface area (Å²) >= 11 is 0. The van der Waals surface area contributed by atoms with Crippen molar-refractivity contribution >= 4 is 5.91 Å². The highest BCUT2D eigenvalue weighted by Gasteiger charge is 2.21.